The zero-order chi connectivity index (χ0) is 14.7. The second-order valence-electron chi connectivity index (χ2n) is 6.36. The van der Waals surface area contributed by atoms with Crippen molar-refractivity contribution >= 4 is 0 Å². The highest BCUT2D eigenvalue weighted by Crippen LogP contribution is 2.49. The maximum atomic E-state index is 3.62. The van der Waals surface area contributed by atoms with Gasteiger partial charge in [-0.3, -0.25) is 0 Å². The van der Waals surface area contributed by atoms with E-state index in [4.69, 9.17) is 0 Å². The molecule has 1 aliphatic rings. The summed E-state index contributed by atoms with van der Waals surface area (Å²) >= 11 is 0. The molecule has 0 radical (unpaired) electrons. The van der Waals surface area contributed by atoms with Gasteiger partial charge in [0.15, 0.2) is 0 Å². The van der Waals surface area contributed by atoms with Gasteiger partial charge in [-0.25, -0.2) is 0 Å². The first-order valence-electron chi connectivity index (χ1n) is 8.06. The van der Waals surface area contributed by atoms with Crippen LogP contribution in [0.1, 0.15) is 48.4 Å². The van der Waals surface area contributed by atoms with Gasteiger partial charge in [-0.2, -0.15) is 0 Å². The molecular weight excluding hydrogens is 254 g/mol. The Morgan fingerprint density at radius 2 is 1.52 bits per heavy atom. The van der Waals surface area contributed by atoms with E-state index in [1.165, 1.54) is 42.4 Å². The summed E-state index contributed by atoms with van der Waals surface area (Å²) in [5, 5.41) is 3.62. The molecule has 0 aromatic heterocycles. The molecule has 1 fully saturated rings. The van der Waals surface area contributed by atoms with E-state index < -0.39 is 0 Å². The molecule has 0 spiro atoms. The van der Waals surface area contributed by atoms with Crippen molar-refractivity contribution in [3.8, 4) is 0 Å². The maximum absolute atomic E-state index is 3.62. The third-order valence-electron chi connectivity index (χ3n) is 5.10. The van der Waals surface area contributed by atoms with Gasteiger partial charge in [0.05, 0.1) is 0 Å². The predicted octanol–water partition coefficient (Wildman–Crippen LogP) is 4.77. The van der Waals surface area contributed by atoms with Gasteiger partial charge in [-0.05, 0) is 37.9 Å². The lowest BCUT2D eigenvalue weighted by molar-refractivity contribution is 0.315. The van der Waals surface area contributed by atoms with Crippen LogP contribution in [0.25, 0.3) is 0 Å². The highest BCUT2D eigenvalue weighted by atomic mass is 14.9. The van der Waals surface area contributed by atoms with Gasteiger partial charge in [0.25, 0.3) is 0 Å². The lowest BCUT2D eigenvalue weighted by Crippen LogP contribution is -2.38. The summed E-state index contributed by atoms with van der Waals surface area (Å²) in [5.74, 6) is 0. The van der Waals surface area contributed by atoms with Crippen molar-refractivity contribution in [2.24, 2.45) is 0 Å². The second kappa shape index (κ2) is 6.03. The lowest BCUT2D eigenvalue weighted by Gasteiger charge is -2.38. The highest BCUT2D eigenvalue weighted by molar-refractivity contribution is 5.35. The molecule has 0 bridgehead atoms. The lowest BCUT2D eigenvalue weighted by atomic mass is 9.70. The van der Waals surface area contributed by atoms with Gasteiger partial charge in [0.1, 0.15) is 0 Å². The molecule has 0 heterocycles. The predicted molar refractivity (Wildman–Crippen MR) is 89.6 cm³/mol. The minimum atomic E-state index is 0.241. The fraction of sp³-hybridized carbons (Fsp3) is 0.400. The zero-order valence-corrected chi connectivity index (χ0v) is 13.1. The van der Waals surface area contributed by atoms with Crippen molar-refractivity contribution in [2.75, 3.05) is 7.05 Å². The van der Waals surface area contributed by atoms with Crippen molar-refractivity contribution in [1.82, 2.24) is 5.32 Å². The number of rotatable bonds is 4. The molecule has 1 nitrogen and oxygen atoms in total. The average molecular weight is 279 g/mol. The number of hydrogen-bond donors (Lipinski definition) is 1. The third kappa shape index (κ3) is 2.63. The average Bonchev–Trinajstić information content (AvgIpc) is 3.01. The normalized spacial score (nSPS) is 18.6. The number of benzene rings is 2. The van der Waals surface area contributed by atoms with Gasteiger partial charge in [0, 0.05) is 11.5 Å². The molecule has 0 aliphatic heterocycles. The molecule has 1 unspecified atom stereocenters. The molecule has 1 atom stereocenters. The van der Waals surface area contributed by atoms with Crippen molar-refractivity contribution in [3.05, 3.63) is 71.3 Å². The van der Waals surface area contributed by atoms with Crippen molar-refractivity contribution < 1.29 is 0 Å². The Labute approximate surface area is 128 Å². The Morgan fingerprint density at radius 3 is 2.10 bits per heavy atom. The number of nitrogens with one attached hydrogen (secondary N) is 1. The molecule has 3 rings (SSSR count). The zero-order valence-electron chi connectivity index (χ0n) is 13.1. The van der Waals surface area contributed by atoms with E-state index >= 15 is 0 Å². The molecular formula is C20H25N. The molecule has 2 aromatic carbocycles. The SMILES string of the molecule is CNC(c1ccc(C)cc1)C1(c2ccccc2)CCCC1. The van der Waals surface area contributed by atoms with E-state index in [-0.39, 0.29) is 5.41 Å². The largest absolute Gasteiger partial charge is 0.312 e. The molecule has 1 aliphatic carbocycles. The van der Waals surface area contributed by atoms with Crippen LogP contribution in [0.4, 0.5) is 0 Å². The van der Waals surface area contributed by atoms with Crippen LogP contribution in [0, 0.1) is 6.92 Å². The van der Waals surface area contributed by atoms with E-state index in [0.29, 0.717) is 6.04 Å². The van der Waals surface area contributed by atoms with Crippen LogP contribution >= 0.6 is 0 Å². The van der Waals surface area contributed by atoms with Crippen LogP contribution in [-0.2, 0) is 5.41 Å². The van der Waals surface area contributed by atoms with Gasteiger partial charge >= 0.3 is 0 Å². The highest BCUT2D eigenvalue weighted by Gasteiger charge is 2.42. The first kappa shape index (κ1) is 14.3. The Hall–Kier alpha value is -1.60. The monoisotopic (exact) mass is 279 g/mol. The smallest absolute Gasteiger partial charge is 0.0415 e. The van der Waals surface area contributed by atoms with Gasteiger partial charge < -0.3 is 5.32 Å². The number of aryl methyl sites for hydroxylation is 1. The third-order valence-corrected chi connectivity index (χ3v) is 5.10. The summed E-state index contributed by atoms with van der Waals surface area (Å²) in [5.41, 5.74) is 4.47. The molecule has 110 valence electrons. The number of hydrogen-bond acceptors (Lipinski definition) is 1. The molecule has 0 saturated heterocycles. The molecule has 0 amide bonds. The number of likely N-dealkylation sites (N-methyl/N-ethyl adjacent to an activating group) is 1. The van der Waals surface area contributed by atoms with Crippen LogP contribution < -0.4 is 5.32 Å². The van der Waals surface area contributed by atoms with Gasteiger partial charge in [0.2, 0.25) is 0 Å². The standard InChI is InChI=1S/C20H25N/c1-16-10-12-17(13-11-16)19(21-2)20(14-6-7-15-20)18-8-4-3-5-9-18/h3-5,8-13,19,21H,6-7,14-15H2,1-2H3. The van der Waals surface area contributed by atoms with E-state index in [2.05, 4.69) is 73.9 Å². The van der Waals surface area contributed by atoms with Crippen molar-refractivity contribution in [1.29, 1.82) is 0 Å². The van der Waals surface area contributed by atoms with E-state index in [1.54, 1.807) is 0 Å². The van der Waals surface area contributed by atoms with E-state index in [0.717, 1.165) is 0 Å². The van der Waals surface area contributed by atoms with Crippen molar-refractivity contribution in [3.63, 3.8) is 0 Å². The topological polar surface area (TPSA) is 12.0 Å². The Kier molecular flexibility index (Phi) is 4.12. The van der Waals surface area contributed by atoms with Gasteiger partial charge in [-0.15, -0.1) is 0 Å². The summed E-state index contributed by atoms with van der Waals surface area (Å²) in [6, 6.07) is 20.5. The molecule has 1 heteroatoms. The summed E-state index contributed by atoms with van der Waals surface area (Å²) < 4.78 is 0. The first-order valence-corrected chi connectivity index (χ1v) is 8.06. The van der Waals surface area contributed by atoms with Crippen LogP contribution in [0.3, 0.4) is 0 Å². The molecule has 21 heavy (non-hydrogen) atoms. The summed E-state index contributed by atoms with van der Waals surface area (Å²) in [4.78, 5) is 0. The second-order valence-corrected chi connectivity index (χ2v) is 6.36. The summed E-state index contributed by atoms with van der Waals surface area (Å²) in [6.07, 6.45) is 5.21. The Balaban J connectivity index is 2.04. The minimum Gasteiger partial charge on any atom is -0.312 e. The molecule has 2 aromatic rings. The Bertz CT molecular complexity index is 565. The molecule has 1 saturated carbocycles. The van der Waals surface area contributed by atoms with Crippen molar-refractivity contribution in [2.45, 2.75) is 44.1 Å². The first-order chi connectivity index (χ1) is 10.3. The van der Waals surface area contributed by atoms with Crippen LogP contribution in [0.2, 0.25) is 0 Å². The molecule has 1 N–H and O–H groups in total. The van der Waals surface area contributed by atoms with Crippen LogP contribution in [0.5, 0.6) is 0 Å². The van der Waals surface area contributed by atoms with E-state index in [1.807, 2.05) is 0 Å². The maximum Gasteiger partial charge on any atom is 0.0415 e. The Morgan fingerprint density at radius 1 is 0.905 bits per heavy atom. The fourth-order valence-electron chi connectivity index (χ4n) is 4.04. The summed E-state index contributed by atoms with van der Waals surface area (Å²) in [7, 11) is 2.10. The fourth-order valence-corrected chi connectivity index (χ4v) is 4.04. The van der Waals surface area contributed by atoms with Crippen LogP contribution in [-0.4, -0.2) is 7.05 Å². The van der Waals surface area contributed by atoms with E-state index in [9.17, 15) is 0 Å². The summed E-state index contributed by atoms with van der Waals surface area (Å²) in [6.45, 7) is 2.15. The minimum absolute atomic E-state index is 0.241. The quantitative estimate of drug-likeness (QED) is 0.850. The van der Waals surface area contributed by atoms with Gasteiger partial charge in [-0.1, -0.05) is 73.0 Å². The van der Waals surface area contributed by atoms with Crippen LogP contribution in [0.15, 0.2) is 54.6 Å².